The molecule has 0 unspecified atom stereocenters. The molecule has 0 atom stereocenters. The highest BCUT2D eigenvalue weighted by Gasteiger charge is 2.28. The number of hydrogen-bond acceptors (Lipinski definition) is 6. The zero-order valence-electron chi connectivity index (χ0n) is 19.1. The first-order valence-electron chi connectivity index (χ1n) is 12.1. The largest absolute Gasteiger partial charge is 0.398 e. The van der Waals surface area contributed by atoms with E-state index in [9.17, 15) is 5.11 Å². The van der Waals surface area contributed by atoms with Gasteiger partial charge in [0, 0.05) is 30.3 Å². The Balaban J connectivity index is 1.30. The molecule has 31 heavy (non-hydrogen) atoms. The summed E-state index contributed by atoms with van der Waals surface area (Å²) in [6.07, 6.45) is 9.81. The van der Waals surface area contributed by atoms with Gasteiger partial charge in [0.15, 0.2) is 0 Å². The molecule has 2 aromatic rings. The molecule has 2 aliphatic rings. The second-order valence-electron chi connectivity index (χ2n) is 10.3. The predicted octanol–water partition coefficient (Wildman–Crippen LogP) is 4.86. The van der Waals surface area contributed by atoms with Crippen molar-refractivity contribution in [2.24, 2.45) is 11.8 Å². The van der Waals surface area contributed by atoms with E-state index < -0.39 is 5.60 Å². The zero-order chi connectivity index (χ0) is 22.0. The van der Waals surface area contributed by atoms with Gasteiger partial charge in [-0.3, -0.25) is 0 Å². The highest BCUT2D eigenvalue weighted by atomic mass is 32.1. The minimum Gasteiger partial charge on any atom is -0.398 e. The van der Waals surface area contributed by atoms with Gasteiger partial charge in [0.1, 0.15) is 0 Å². The predicted molar refractivity (Wildman–Crippen MR) is 129 cm³/mol. The van der Waals surface area contributed by atoms with E-state index in [4.69, 9.17) is 15.8 Å². The molecule has 6 heteroatoms. The number of piperidine rings is 1. The number of nitrogen functional groups attached to an aromatic ring is 1. The van der Waals surface area contributed by atoms with Gasteiger partial charge in [-0.1, -0.05) is 0 Å². The van der Waals surface area contributed by atoms with Crippen LogP contribution in [0.15, 0.2) is 12.1 Å². The fourth-order valence-electron chi connectivity index (χ4n) is 5.51. The van der Waals surface area contributed by atoms with Crippen LogP contribution >= 0.6 is 11.3 Å². The van der Waals surface area contributed by atoms with E-state index in [0.717, 1.165) is 34.0 Å². The molecule has 0 amide bonds. The Kier molecular flexibility index (Phi) is 7.21. The third-order valence-corrected chi connectivity index (χ3v) is 8.61. The number of hydrogen-bond donors (Lipinski definition) is 3. The van der Waals surface area contributed by atoms with Crippen molar-refractivity contribution in [3.63, 3.8) is 0 Å². The van der Waals surface area contributed by atoms with Crippen molar-refractivity contribution in [3.05, 3.63) is 22.7 Å². The van der Waals surface area contributed by atoms with Gasteiger partial charge in [-0.25, -0.2) is 4.98 Å². The quantitative estimate of drug-likeness (QED) is 0.530. The lowest BCUT2D eigenvalue weighted by atomic mass is 9.81. The Morgan fingerprint density at radius 2 is 1.81 bits per heavy atom. The first-order chi connectivity index (χ1) is 14.8. The molecule has 4 N–H and O–H groups in total. The maximum Gasteiger partial charge on any atom is 0.0969 e. The summed E-state index contributed by atoms with van der Waals surface area (Å²) in [5, 5.41) is 20.7. The molecule has 2 heterocycles. The van der Waals surface area contributed by atoms with Gasteiger partial charge in [-0.05, 0) is 102 Å². The van der Waals surface area contributed by atoms with Gasteiger partial charge in [-0.2, -0.15) is 0 Å². The number of rotatable bonds is 7. The van der Waals surface area contributed by atoms with Crippen molar-refractivity contribution in [1.29, 1.82) is 0 Å². The molecule has 1 aliphatic heterocycles. The topological polar surface area (TPSA) is 82.6 Å². The number of likely N-dealkylation sites (tertiary alicyclic amines) is 1. The second kappa shape index (κ2) is 9.74. The van der Waals surface area contributed by atoms with Crippen molar-refractivity contribution < 1.29 is 10.2 Å². The first kappa shape index (κ1) is 23.0. The molecular weight excluding hydrogens is 406 g/mol. The van der Waals surface area contributed by atoms with E-state index in [1.165, 1.54) is 69.6 Å². The number of thiazole rings is 1. The number of nitrogens with two attached hydrogens (primary N) is 1. The first-order valence-corrected chi connectivity index (χ1v) is 12.9. The molecule has 1 aromatic carbocycles. The monoisotopic (exact) mass is 445 g/mol. The van der Waals surface area contributed by atoms with Crippen molar-refractivity contribution in [1.82, 2.24) is 9.88 Å². The molecule has 2 fully saturated rings. The van der Waals surface area contributed by atoms with E-state index in [-0.39, 0.29) is 0 Å². The summed E-state index contributed by atoms with van der Waals surface area (Å²) < 4.78 is 1.13. The molecule has 0 bridgehead atoms. The summed E-state index contributed by atoms with van der Waals surface area (Å²) in [5.41, 5.74) is 7.64. The molecule has 1 aromatic heterocycles. The molecule has 0 radical (unpaired) electrons. The van der Waals surface area contributed by atoms with Crippen molar-refractivity contribution in [3.8, 4) is 0 Å². The maximum absolute atomic E-state index is 10.4. The number of fused-ring (bicyclic) bond motifs is 1. The lowest BCUT2D eigenvalue weighted by Gasteiger charge is -2.36. The summed E-state index contributed by atoms with van der Waals surface area (Å²) in [6.45, 7) is 7.61. The van der Waals surface area contributed by atoms with Crippen molar-refractivity contribution >= 4 is 27.2 Å². The van der Waals surface area contributed by atoms with Crippen LogP contribution in [0, 0.1) is 11.8 Å². The molecule has 5 nitrogen and oxygen atoms in total. The Hall–Kier alpha value is -1.21. The van der Waals surface area contributed by atoms with Crippen LogP contribution in [0.4, 0.5) is 5.69 Å². The van der Waals surface area contributed by atoms with Gasteiger partial charge >= 0.3 is 0 Å². The maximum atomic E-state index is 10.4. The minimum absolute atomic E-state index is 0.339. The second-order valence-corrected chi connectivity index (χ2v) is 11.4. The summed E-state index contributed by atoms with van der Waals surface area (Å²) in [6, 6.07) is 3.96. The smallest absolute Gasteiger partial charge is 0.0969 e. The molecule has 1 saturated heterocycles. The average Bonchev–Trinajstić information content (AvgIpc) is 3.15. The van der Waals surface area contributed by atoms with Gasteiger partial charge < -0.3 is 20.8 Å². The minimum atomic E-state index is -0.951. The fourth-order valence-corrected chi connectivity index (χ4v) is 6.67. The van der Waals surface area contributed by atoms with Crippen molar-refractivity contribution in [2.45, 2.75) is 76.7 Å². The van der Waals surface area contributed by atoms with Crippen LogP contribution in [0.25, 0.3) is 10.2 Å². The summed E-state index contributed by atoms with van der Waals surface area (Å²) in [4.78, 5) is 7.63. The SMILES string of the molecule is CC(C)(O)c1cc2nc([C@H]3CC[C@H](CN4CCC(CCCO)CC4)CC3)sc2cc1N. The van der Waals surface area contributed by atoms with Gasteiger partial charge in [0.25, 0.3) is 0 Å². The normalized spacial score (nSPS) is 24.1. The Morgan fingerprint density at radius 1 is 1.10 bits per heavy atom. The third kappa shape index (κ3) is 5.59. The van der Waals surface area contributed by atoms with E-state index in [0.29, 0.717) is 18.2 Å². The fraction of sp³-hybridized carbons (Fsp3) is 0.720. The van der Waals surface area contributed by atoms with Gasteiger partial charge in [0.05, 0.1) is 20.8 Å². The van der Waals surface area contributed by atoms with Crippen LogP contribution in [0.3, 0.4) is 0 Å². The van der Waals surface area contributed by atoms with Crippen LogP contribution < -0.4 is 5.73 Å². The molecule has 0 spiro atoms. The zero-order valence-corrected chi connectivity index (χ0v) is 20.0. The van der Waals surface area contributed by atoms with Crippen LogP contribution in [-0.2, 0) is 5.60 Å². The lowest BCUT2D eigenvalue weighted by molar-refractivity contribution is 0.0795. The van der Waals surface area contributed by atoms with Crippen molar-refractivity contribution in [2.75, 3.05) is 32.0 Å². The molecule has 172 valence electrons. The summed E-state index contributed by atoms with van der Waals surface area (Å²) in [7, 11) is 0. The number of aliphatic hydroxyl groups is 2. The number of aliphatic hydroxyl groups excluding tert-OH is 1. The highest BCUT2D eigenvalue weighted by Crippen LogP contribution is 2.41. The number of aromatic nitrogens is 1. The van der Waals surface area contributed by atoms with Gasteiger partial charge in [0.2, 0.25) is 0 Å². The van der Waals surface area contributed by atoms with E-state index in [1.807, 2.05) is 12.1 Å². The summed E-state index contributed by atoms with van der Waals surface area (Å²) in [5.74, 6) is 2.20. The number of benzene rings is 1. The Morgan fingerprint density at radius 3 is 2.45 bits per heavy atom. The van der Waals surface area contributed by atoms with Crippen LogP contribution in [0.5, 0.6) is 0 Å². The Bertz CT molecular complexity index is 860. The average molecular weight is 446 g/mol. The number of anilines is 1. The standard InChI is InChI=1S/C25H39N3O2S/c1-25(2,30)20-14-22-23(15-21(20)26)31-24(27-22)19-7-5-18(6-8-19)16-28-11-9-17(10-12-28)4-3-13-29/h14-15,17-19,29-30H,3-13,16,26H2,1-2H3/t18-,19-. The van der Waals surface area contributed by atoms with Crippen LogP contribution in [0.1, 0.15) is 81.7 Å². The van der Waals surface area contributed by atoms with Crippen LogP contribution in [-0.4, -0.2) is 46.3 Å². The lowest BCUT2D eigenvalue weighted by Crippen LogP contribution is -2.38. The summed E-state index contributed by atoms with van der Waals surface area (Å²) >= 11 is 1.78. The third-order valence-electron chi connectivity index (χ3n) is 7.43. The van der Waals surface area contributed by atoms with E-state index in [1.54, 1.807) is 25.2 Å². The van der Waals surface area contributed by atoms with Crippen LogP contribution in [0.2, 0.25) is 0 Å². The highest BCUT2D eigenvalue weighted by molar-refractivity contribution is 7.18. The molecule has 1 aliphatic carbocycles. The number of nitrogens with zero attached hydrogens (tertiary/aromatic N) is 2. The van der Waals surface area contributed by atoms with E-state index >= 15 is 0 Å². The van der Waals surface area contributed by atoms with E-state index in [2.05, 4.69) is 4.90 Å². The van der Waals surface area contributed by atoms with Gasteiger partial charge in [-0.15, -0.1) is 11.3 Å². The Labute approximate surface area is 190 Å². The molecule has 1 saturated carbocycles. The molecular formula is C25H39N3O2S. The molecule has 4 rings (SSSR count).